The van der Waals surface area contributed by atoms with Crippen molar-refractivity contribution in [3.05, 3.63) is 29.7 Å². The topological polar surface area (TPSA) is 53.7 Å². The lowest BCUT2D eigenvalue weighted by molar-refractivity contribution is 0.0749. The normalized spacial score (nSPS) is 18.3. The van der Waals surface area contributed by atoms with Gasteiger partial charge in [-0.05, 0) is 32.9 Å². The predicted molar refractivity (Wildman–Crippen MR) is 89.3 cm³/mol. The molecule has 0 radical (unpaired) electrons. The molecule has 0 N–H and O–H groups in total. The molecule has 3 heterocycles. The van der Waals surface area contributed by atoms with Crippen LogP contribution < -0.4 is 0 Å². The molecule has 0 saturated carbocycles. The van der Waals surface area contributed by atoms with Gasteiger partial charge in [-0.15, -0.1) is 0 Å². The van der Waals surface area contributed by atoms with Gasteiger partial charge in [0.25, 0.3) is 5.91 Å². The highest BCUT2D eigenvalue weighted by molar-refractivity contribution is 5.99. The van der Waals surface area contributed by atoms with Gasteiger partial charge in [-0.3, -0.25) is 9.69 Å². The standard InChI is InChI=1S/C17H25N5O/c1-4-20(5-2)11-14-9-18-16-15(10-19-22(16)12-14)17(23)21-8-6-7-13(21)3/h9-10,12-13H,4-8,11H2,1-3H3/t13-/m0/s1. The van der Waals surface area contributed by atoms with Crippen LogP contribution in [0, 0.1) is 0 Å². The fourth-order valence-electron chi connectivity index (χ4n) is 3.24. The van der Waals surface area contributed by atoms with E-state index in [4.69, 9.17) is 0 Å². The number of hydrogen-bond donors (Lipinski definition) is 0. The van der Waals surface area contributed by atoms with E-state index in [-0.39, 0.29) is 5.91 Å². The van der Waals surface area contributed by atoms with Crippen LogP contribution in [0.25, 0.3) is 5.65 Å². The first kappa shape index (κ1) is 15.9. The van der Waals surface area contributed by atoms with Gasteiger partial charge in [-0.1, -0.05) is 13.8 Å². The van der Waals surface area contributed by atoms with Gasteiger partial charge in [0.15, 0.2) is 5.65 Å². The SMILES string of the molecule is CCN(CC)Cc1cnc2c(C(=O)N3CCC[C@@H]3C)cnn2c1. The third-order valence-corrected chi connectivity index (χ3v) is 4.75. The number of hydrogen-bond acceptors (Lipinski definition) is 4. The highest BCUT2D eigenvalue weighted by atomic mass is 16.2. The molecule has 3 rings (SSSR count). The van der Waals surface area contributed by atoms with E-state index < -0.39 is 0 Å². The fraction of sp³-hybridized carbons (Fsp3) is 0.588. The molecule has 1 atom stereocenters. The zero-order chi connectivity index (χ0) is 16.4. The Morgan fingerprint density at radius 1 is 1.35 bits per heavy atom. The summed E-state index contributed by atoms with van der Waals surface area (Å²) in [4.78, 5) is 21.5. The van der Waals surface area contributed by atoms with Crippen LogP contribution in [0.5, 0.6) is 0 Å². The molecule has 0 aromatic carbocycles. The Labute approximate surface area is 137 Å². The van der Waals surface area contributed by atoms with E-state index >= 15 is 0 Å². The average Bonchev–Trinajstić information content (AvgIpc) is 3.17. The molecule has 0 spiro atoms. The predicted octanol–water partition coefficient (Wildman–Crippen LogP) is 2.20. The summed E-state index contributed by atoms with van der Waals surface area (Å²) in [5.41, 5.74) is 2.36. The third-order valence-electron chi connectivity index (χ3n) is 4.75. The van der Waals surface area contributed by atoms with Crippen LogP contribution in [0.3, 0.4) is 0 Å². The van der Waals surface area contributed by atoms with E-state index in [1.807, 2.05) is 17.3 Å². The first-order chi connectivity index (χ1) is 11.1. The number of aromatic nitrogens is 3. The summed E-state index contributed by atoms with van der Waals surface area (Å²) in [5.74, 6) is 0.0500. The van der Waals surface area contributed by atoms with Gasteiger partial charge in [0.05, 0.1) is 6.20 Å². The summed E-state index contributed by atoms with van der Waals surface area (Å²) in [6.45, 7) is 10.1. The largest absolute Gasteiger partial charge is 0.336 e. The maximum absolute atomic E-state index is 12.7. The van der Waals surface area contributed by atoms with Crippen molar-refractivity contribution in [1.82, 2.24) is 24.4 Å². The number of likely N-dealkylation sites (tertiary alicyclic amines) is 1. The molecule has 6 heteroatoms. The number of fused-ring (bicyclic) bond motifs is 1. The van der Waals surface area contributed by atoms with E-state index in [0.717, 1.165) is 44.6 Å². The number of amides is 1. The van der Waals surface area contributed by atoms with Crippen molar-refractivity contribution in [1.29, 1.82) is 0 Å². The van der Waals surface area contributed by atoms with Crippen LogP contribution in [0.4, 0.5) is 0 Å². The lowest BCUT2D eigenvalue weighted by Gasteiger charge is -2.20. The minimum absolute atomic E-state index is 0.0500. The third kappa shape index (κ3) is 3.08. The molecular weight excluding hydrogens is 290 g/mol. The summed E-state index contributed by atoms with van der Waals surface area (Å²) in [5, 5.41) is 4.34. The van der Waals surface area contributed by atoms with E-state index in [1.54, 1.807) is 10.7 Å². The molecule has 0 bridgehead atoms. The van der Waals surface area contributed by atoms with Crippen LogP contribution in [-0.4, -0.2) is 56.0 Å². The van der Waals surface area contributed by atoms with Gasteiger partial charge >= 0.3 is 0 Å². The Hall–Kier alpha value is -1.95. The van der Waals surface area contributed by atoms with Crippen LogP contribution in [0.2, 0.25) is 0 Å². The van der Waals surface area contributed by atoms with Crippen molar-refractivity contribution >= 4 is 11.6 Å². The van der Waals surface area contributed by atoms with E-state index in [2.05, 4.69) is 35.8 Å². The number of nitrogens with zero attached hydrogens (tertiary/aromatic N) is 5. The lowest BCUT2D eigenvalue weighted by Crippen LogP contribution is -2.33. The van der Waals surface area contributed by atoms with Crippen molar-refractivity contribution in [2.75, 3.05) is 19.6 Å². The highest BCUT2D eigenvalue weighted by Gasteiger charge is 2.28. The molecule has 124 valence electrons. The average molecular weight is 315 g/mol. The second kappa shape index (κ2) is 6.66. The molecule has 2 aromatic rings. The maximum atomic E-state index is 12.7. The molecule has 1 aliphatic rings. The Morgan fingerprint density at radius 3 is 2.78 bits per heavy atom. The Balaban J connectivity index is 1.85. The molecule has 6 nitrogen and oxygen atoms in total. The van der Waals surface area contributed by atoms with Gasteiger partial charge in [-0.2, -0.15) is 5.10 Å². The maximum Gasteiger partial charge on any atom is 0.259 e. The molecule has 0 unspecified atom stereocenters. The van der Waals surface area contributed by atoms with E-state index in [0.29, 0.717) is 17.3 Å². The molecule has 1 amide bonds. The quantitative estimate of drug-likeness (QED) is 0.849. The fourth-order valence-corrected chi connectivity index (χ4v) is 3.24. The summed E-state index contributed by atoms with van der Waals surface area (Å²) in [6.07, 6.45) is 7.64. The van der Waals surface area contributed by atoms with Crippen molar-refractivity contribution < 1.29 is 4.79 Å². The second-order valence-corrected chi connectivity index (χ2v) is 6.24. The summed E-state index contributed by atoms with van der Waals surface area (Å²) in [7, 11) is 0. The van der Waals surface area contributed by atoms with Crippen molar-refractivity contribution in [3.63, 3.8) is 0 Å². The number of carbonyl (C=O) groups excluding carboxylic acids is 1. The molecule has 1 aliphatic heterocycles. The molecule has 0 aliphatic carbocycles. The number of carbonyl (C=O) groups is 1. The zero-order valence-corrected chi connectivity index (χ0v) is 14.2. The first-order valence-corrected chi connectivity index (χ1v) is 8.49. The van der Waals surface area contributed by atoms with Crippen molar-refractivity contribution in [2.24, 2.45) is 0 Å². The van der Waals surface area contributed by atoms with Gasteiger partial charge in [0, 0.05) is 37.1 Å². The smallest absolute Gasteiger partial charge is 0.259 e. The van der Waals surface area contributed by atoms with Gasteiger partial charge < -0.3 is 4.90 Å². The Morgan fingerprint density at radius 2 is 2.13 bits per heavy atom. The van der Waals surface area contributed by atoms with Gasteiger partial charge in [0.2, 0.25) is 0 Å². The van der Waals surface area contributed by atoms with Gasteiger partial charge in [-0.25, -0.2) is 9.50 Å². The van der Waals surface area contributed by atoms with Crippen molar-refractivity contribution in [3.8, 4) is 0 Å². The number of rotatable bonds is 5. The van der Waals surface area contributed by atoms with Crippen LogP contribution in [0.1, 0.15) is 49.5 Å². The Bertz CT molecular complexity index is 691. The molecule has 1 saturated heterocycles. The van der Waals surface area contributed by atoms with Crippen molar-refractivity contribution in [2.45, 2.75) is 46.2 Å². The minimum atomic E-state index is 0.0500. The Kier molecular flexibility index (Phi) is 4.61. The van der Waals surface area contributed by atoms with Crippen LogP contribution >= 0.6 is 0 Å². The zero-order valence-electron chi connectivity index (χ0n) is 14.2. The molecule has 23 heavy (non-hydrogen) atoms. The summed E-state index contributed by atoms with van der Waals surface area (Å²) < 4.78 is 1.73. The first-order valence-electron chi connectivity index (χ1n) is 8.49. The summed E-state index contributed by atoms with van der Waals surface area (Å²) >= 11 is 0. The summed E-state index contributed by atoms with van der Waals surface area (Å²) in [6, 6.07) is 0.305. The minimum Gasteiger partial charge on any atom is -0.336 e. The van der Waals surface area contributed by atoms with E-state index in [1.165, 1.54) is 0 Å². The molecule has 2 aromatic heterocycles. The van der Waals surface area contributed by atoms with E-state index in [9.17, 15) is 4.79 Å². The molecular formula is C17H25N5O. The monoisotopic (exact) mass is 315 g/mol. The molecule has 1 fully saturated rings. The highest BCUT2D eigenvalue weighted by Crippen LogP contribution is 2.21. The van der Waals surface area contributed by atoms with Crippen LogP contribution in [0.15, 0.2) is 18.6 Å². The second-order valence-electron chi connectivity index (χ2n) is 6.24. The van der Waals surface area contributed by atoms with Crippen LogP contribution in [-0.2, 0) is 6.54 Å². The lowest BCUT2D eigenvalue weighted by atomic mass is 10.2. The van der Waals surface area contributed by atoms with Gasteiger partial charge in [0.1, 0.15) is 5.56 Å².